The first kappa shape index (κ1) is 11.2. The van der Waals surface area contributed by atoms with Gasteiger partial charge in [-0.15, -0.1) is 0 Å². The van der Waals surface area contributed by atoms with Crippen LogP contribution >= 0.6 is 15.9 Å². The largest absolute Gasteiger partial charge is 0.326 e. The van der Waals surface area contributed by atoms with E-state index in [4.69, 9.17) is 10.7 Å². The van der Waals surface area contributed by atoms with Crippen molar-refractivity contribution in [2.24, 2.45) is 5.73 Å². The van der Waals surface area contributed by atoms with Gasteiger partial charge < -0.3 is 5.73 Å². The maximum absolute atomic E-state index is 5.95. The lowest BCUT2D eigenvalue weighted by molar-refractivity contribution is 0.664. The summed E-state index contributed by atoms with van der Waals surface area (Å²) in [5, 5.41) is 1.21. The van der Waals surface area contributed by atoms with E-state index < -0.39 is 0 Å². The smallest absolute Gasteiger partial charge is 0.0709 e. The Morgan fingerprint density at radius 3 is 2.88 bits per heavy atom. The Bertz CT molecular complexity index is 578. The van der Waals surface area contributed by atoms with Crippen LogP contribution in [0.1, 0.15) is 29.7 Å². The summed E-state index contributed by atoms with van der Waals surface area (Å²) < 4.78 is 1.09. The third kappa shape index (κ3) is 1.87. The van der Waals surface area contributed by atoms with E-state index in [2.05, 4.69) is 28.1 Å². The third-order valence-corrected chi connectivity index (χ3v) is 4.04. The SMILES string of the molecule is NCc1c2c(nc3ccc(Br)cc13)CCCC2. The number of fused-ring (bicyclic) bond motifs is 2. The highest BCUT2D eigenvalue weighted by molar-refractivity contribution is 9.10. The molecule has 17 heavy (non-hydrogen) atoms. The van der Waals surface area contributed by atoms with Gasteiger partial charge in [0.2, 0.25) is 0 Å². The van der Waals surface area contributed by atoms with Gasteiger partial charge in [-0.3, -0.25) is 4.98 Å². The van der Waals surface area contributed by atoms with Crippen molar-refractivity contribution in [1.82, 2.24) is 4.98 Å². The summed E-state index contributed by atoms with van der Waals surface area (Å²) in [6, 6.07) is 6.26. The minimum Gasteiger partial charge on any atom is -0.326 e. The quantitative estimate of drug-likeness (QED) is 0.875. The zero-order chi connectivity index (χ0) is 11.8. The van der Waals surface area contributed by atoms with Crippen molar-refractivity contribution in [3.8, 4) is 0 Å². The van der Waals surface area contributed by atoms with Crippen LogP contribution in [0.4, 0.5) is 0 Å². The lowest BCUT2D eigenvalue weighted by Gasteiger charge is -2.20. The highest BCUT2D eigenvalue weighted by Crippen LogP contribution is 2.30. The summed E-state index contributed by atoms with van der Waals surface area (Å²) in [7, 11) is 0. The van der Waals surface area contributed by atoms with Crippen molar-refractivity contribution in [3.05, 3.63) is 39.5 Å². The molecule has 2 nitrogen and oxygen atoms in total. The molecular weight excluding hydrogens is 276 g/mol. The molecule has 0 atom stereocenters. The van der Waals surface area contributed by atoms with Gasteiger partial charge in [0, 0.05) is 22.1 Å². The van der Waals surface area contributed by atoms with Crippen molar-refractivity contribution in [2.75, 3.05) is 0 Å². The number of aromatic nitrogens is 1. The molecule has 88 valence electrons. The Balaban J connectivity index is 2.35. The van der Waals surface area contributed by atoms with E-state index in [0.717, 1.165) is 22.8 Å². The molecule has 0 saturated carbocycles. The second kappa shape index (κ2) is 4.39. The fourth-order valence-corrected chi connectivity index (χ4v) is 3.09. The second-order valence-corrected chi connectivity index (χ2v) is 5.50. The van der Waals surface area contributed by atoms with E-state index in [1.807, 2.05) is 6.07 Å². The summed E-state index contributed by atoms with van der Waals surface area (Å²) in [6.45, 7) is 0.609. The Morgan fingerprint density at radius 2 is 2.06 bits per heavy atom. The van der Waals surface area contributed by atoms with Crippen molar-refractivity contribution in [2.45, 2.75) is 32.2 Å². The van der Waals surface area contributed by atoms with E-state index >= 15 is 0 Å². The van der Waals surface area contributed by atoms with Crippen LogP contribution in [0.2, 0.25) is 0 Å². The molecule has 0 spiro atoms. The van der Waals surface area contributed by atoms with Gasteiger partial charge in [0.05, 0.1) is 5.52 Å². The molecule has 0 bridgehead atoms. The van der Waals surface area contributed by atoms with Gasteiger partial charge >= 0.3 is 0 Å². The molecule has 1 heterocycles. The van der Waals surface area contributed by atoms with Gasteiger partial charge in [0.1, 0.15) is 0 Å². The summed E-state index contributed by atoms with van der Waals surface area (Å²) >= 11 is 3.52. The lowest BCUT2D eigenvalue weighted by Crippen LogP contribution is -2.12. The van der Waals surface area contributed by atoms with Crippen LogP contribution in [0.5, 0.6) is 0 Å². The molecule has 0 radical (unpaired) electrons. The predicted molar refractivity (Wildman–Crippen MR) is 74.0 cm³/mol. The van der Waals surface area contributed by atoms with Crippen LogP contribution in [0.15, 0.2) is 22.7 Å². The molecule has 2 aromatic rings. The van der Waals surface area contributed by atoms with Crippen LogP contribution in [0.25, 0.3) is 10.9 Å². The first-order valence-electron chi connectivity index (χ1n) is 6.09. The minimum absolute atomic E-state index is 0.609. The van der Waals surface area contributed by atoms with E-state index in [1.165, 1.54) is 35.0 Å². The normalized spacial score (nSPS) is 14.9. The highest BCUT2D eigenvalue weighted by atomic mass is 79.9. The molecule has 3 rings (SSSR count). The Labute approximate surface area is 109 Å². The van der Waals surface area contributed by atoms with Crippen molar-refractivity contribution in [3.63, 3.8) is 0 Å². The van der Waals surface area contributed by atoms with Crippen LogP contribution in [-0.4, -0.2) is 4.98 Å². The van der Waals surface area contributed by atoms with Crippen molar-refractivity contribution >= 4 is 26.8 Å². The molecule has 2 N–H and O–H groups in total. The molecule has 0 aliphatic heterocycles. The predicted octanol–water partition coefficient (Wildman–Crippen LogP) is 3.33. The number of hydrogen-bond acceptors (Lipinski definition) is 2. The molecule has 0 unspecified atom stereocenters. The number of benzene rings is 1. The molecule has 0 saturated heterocycles. The topological polar surface area (TPSA) is 38.9 Å². The average molecular weight is 291 g/mol. The number of aryl methyl sites for hydroxylation is 1. The van der Waals surface area contributed by atoms with Gasteiger partial charge in [-0.2, -0.15) is 0 Å². The molecule has 3 heteroatoms. The van der Waals surface area contributed by atoms with Crippen molar-refractivity contribution in [1.29, 1.82) is 0 Å². The summed E-state index contributed by atoms with van der Waals surface area (Å²) in [5.74, 6) is 0. The van der Waals surface area contributed by atoms with Crippen LogP contribution < -0.4 is 5.73 Å². The maximum Gasteiger partial charge on any atom is 0.0709 e. The number of nitrogens with two attached hydrogens (primary N) is 1. The summed E-state index contributed by atoms with van der Waals surface area (Å²) in [4.78, 5) is 4.79. The highest BCUT2D eigenvalue weighted by Gasteiger charge is 2.17. The first-order chi connectivity index (χ1) is 8.29. The Morgan fingerprint density at radius 1 is 1.24 bits per heavy atom. The standard InChI is InChI=1S/C14H15BrN2/c15-9-5-6-14-11(7-9)12(8-16)10-3-1-2-4-13(10)17-14/h5-7H,1-4,8,16H2. The second-order valence-electron chi connectivity index (χ2n) is 4.59. The van der Waals surface area contributed by atoms with Gasteiger partial charge in [-0.05, 0) is 55.0 Å². The van der Waals surface area contributed by atoms with E-state index in [-0.39, 0.29) is 0 Å². The van der Waals surface area contributed by atoms with E-state index in [9.17, 15) is 0 Å². The van der Waals surface area contributed by atoms with Gasteiger partial charge in [0.15, 0.2) is 0 Å². The average Bonchev–Trinajstić information content (AvgIpc) is 2.36. The number of rotatable bonds is 1. The number of pyridine rings is 1. The monoisotopic (exact) mass is 290 g/mol. The molecule has 1 aliphatic rings. The van der Waals surface area contributed by atoms with Crippen LogP contribution in [0, 0.1) is 0 Å². The molecule has 1 aliphatic carbocycles. The summed E-state index contributed by atoms with van der Waals surface area (Å²) in [5.41, 5.74) is 11.0. The fourth-order valence-electron chi connectivity index (χ4n) is 2.73. The number of nitrogens with zero attached hydrogens (tertiary/aromatic N) is 1. The molecule has 0 fully saturated rings. The van der Waals surface area contributed by atoms with Gasteiger partial charge in [0.25, 0.3) is 0 Å². The number of halogens is 1. The fraction of sp³-hybridized carbons (Fsp3) is 0.357. The van der Waals surface area contributed by atoms with E-state index in [0.29, 0.717) is 6.54 Å². The van der Waals surface area contributed by atoms with Crippen LogP contribution in [0.3, 0.4) is 0 Å². The molecule has 0 amide bonds. The van der Waals surface area contributed by atoms with Gasteiger partial charge in [-0.25, -0.2) is 0 Å². The lowest BCUT2D eigenvalue weighted by atomic mass is 9.90. The maximum atomic E-state index is 5.95. The molecule has 1 aromatic heterocycles. The first-order valence-corrected chi connectivity index (χ1v) is 6.89. The zero-order valence-electron chi connectivity index (χ0n) is 9.67. The van der Waals surface area contributed by atoms with E-state index in [1.54, 1.807) is 0 Å². The van der Waals surface area contributed by atoms with Crippen molar-refractivity contribution < 1.29 is 0 Å². The summed E-state index contributed by atoms with van der Waals surface area (Å²) in [6.07, 6.45) is 4.76. The van der Waals surface area contributed by atoms with Gasteiger partial charge in [-0.1, -0.05) is 15.9 Å². The Kier molecular flexibility index (Phi) is 2.89. The third-order valence-electron chi connectivity index (χ3n) is 3.55. The number of hydrogen-bond donors (Lipinski definition) is 1. The molecule has 1 aromatic carbocycles. The Hall–Kier alpha value is -0.930. The zero-order valence-corrected chi connectivity index (χ0v) is 11.3. The minimum atomic E-state index is 0.609. The van der Waals surface area contributed by atoms with Crippen LogP contribution in [-0.2, 0) is 19.4 Å². The molecular formula is C14H15BrN2.